The normalized spacial score (nSPS) is 11.2. The largest absolute Gasteiger partial charge is 0.360 e. The van der Waals surface area contributed by atoms with Crippen LogP contribution in [-0.2, 0) is 0 Å². The number of hydrogen-bond donors (Lipinski definition) is 1. The summed E-state index contributed by atoms with van der Waals surface area (Å²) < 4.78 is 0.994. The van der Waals surface area contributed by atoms with Crippen molar-refractivity contribution in [3.05, 3.63) is 74.1 Å². The van der Waals surface area contributed by atoms with Gasteiger partial charge in [-0.1, -0.05) is 45.7 Å². The lowest BCUT2D eigenvalue weighted by molar-refractivity contribution is 1.36. The van der Waals surface area contributed by atoms with Crippen molar-refractivity contribution in [3.8, 4) is 17.3 Å². The van der Waals surface area contributed by atoms with Gasteiger partial charge in [-0.25, -0.2) is 4.98 Å². The molecular weight excluding hydrogens is 418 g/mol. The SMILES string of the molecule is Cc1ccc(N/C=C(\C#N)c2nc(-c3cccc(Br)c3)cs2)cc1Cl. The van der Waals surface area contributed by atoms with E-state index >= 15 is 0 Å². The maximum absolute atomic E-state index is 9.45. The molecule has 0 aliphatic rings. The monoisotopic (exact) mass is 429 g/mol. The molecule has 0 amide bonds. The first kappa shape index (κ1) is 17.7. The lowest BCUT2D eigenvalue weighted by atomic mass is 10.2. The van der Waals surface area contributed by atoms with Gasteiger partial charge >= 0.3 is 0 Å². The molecule has 0 aliphatic heterocycles. The molecule has 0 saturated heterocycles. The van der Waals surface area contributed by atoms with Gasteiger partial charge in [0, 0.05) is 32.3 Å². The fourth-order valence-electron chi connectivity index (χ4n) is 2.16. The van der Waals surface area contributed by atoms with E-state index in [2.05, 4.69) is 32.3 Å². The second kappa shape index (κ2) is 7.83. The highest BCUT2D eigenvalue weighted by atomic mass is 79.9. The molecule has 0 spiro atoms. The molecule has 3 nitrogen and oxygen atoms in total. The predicted molar refractivity (Wildman–Crippen MR) is 109 cm³/mol. The number of nitriles is 1. The van der Waals surface area contributed by atoms with Gasteiger partial charge in [0.25, 0.3) is 0 Å². The van der Waals surface area contributed by atoms with E-state index in [9.17, 15) is 5.26 Å². The first-order chi connectivity index (χ1) is 12.1. The number of benzene rings is 2. The van der Waals surface area contributed by atoms with Crippen LogP contribution >= 0.6 is 38.9 Å². The van der Waals surface area contributed by atoms with Crippen LogP contribution in [0.3, 0.4) is 0 Å². The Kier molecular flexibility index (Phi) is 5.54. The molecule has 6 heteroatoms. The number of aryl methyl sites for hydroxylation is 1. The van der Waals surface area contributed by atoms with E-state index in [-0.39, 0.29) is 0 Å². The summed E-state index contributed by atoms with van der Waals surface area (Å²) in [6.07, 6.45) is 1.66. The zero-order valence-corrected chi connectivity index (χ0v) is 16.4. The van der Waals surface area contributed by atoms with Crippen molar-refractivity contribution >= 4 is 50.1 Å². The van der Waals surface area contributed by atoms with Gasteiger partial charge in [-0.2, -0.15) is 5.26 Å². The van der Waals surface area contributed by atoms with Crippen molar-refractivity contribution < 1.29 is 0 Å². The number of rotatable bonds is 4. The van der Waals surface area contributed by atoms with Gasteiger partial charge in [0.15, 0.2) is 0 Å². The summed E-state index contributed by atoms with van der Waals surface area (Å²) in [5, 5.41) is 15.9. The Balaban J connectivity index is 1.84. The molecule has 124 valence electrons. The van der Waals surface area contributed by atoms with Crippen LogP contribution in [0, 0.1) is 18.3 Å². The Labute approximate surface area is 163 Å². The van der Waals surface area contributed by atoms with E-state index in [1.807, 2.05) is 54.8 Å². The molecule has 0 aliphatic carbocycles. The van der Waals surface area contributed by atoms with Crippen LogP contribution in [-0.4, -0.2) is 4.98 Å². The van der Waals surface area contributed by atoms with Crippen LogP contribution < -0.4 is 5.32 Å². The molecule has 0 saturated carbocycles. The highest BCUT2D eigenvalue weighted by Crippen LogP contribution is 2.28. The summed E-state index contributed by atoms with van der Waals surface area (Å²) in [6.45, 7) is 1.95. The zero-order chi connectivity index (χ0) is 17.8. The van der Waals surface area contributed by atoms with Crippen LogP contribution in [0.2, 0.25) is 5.02 Å². The maximum atomic E-state index is 9.45. The molecule has 3 aromatic rings. The quantitative estimate of drug-likeness (QED) is 0.480. The molecule has 0 bridgehead atoms. The first-order valence-corrected chi connectivity index (χ1v) is 9.46. The molecule has 25 heavy (non-hydrogen) atoms. The molecule has 1 aromatic heterocycles. The minimum Gasteiger partial charge on any atom is -0.360 e. The number of halogens is 2. The van der Waals surface area contributed by atoms with Crippen molar-refractivity contribution in [3.63, 3.8) is 0 Å². The predicted octanol–water partition coefficient (Wildman–Crippen LogP) is 6.51. The van der Waals surface area contributed by atoms with Crippen molar-refractivity contribution in [2.75, 3.05) is 5.32 Å². The highest BCUT2D eigenvalue weighted by molar-refractivity contribution is 9.10. The Morgan fingerprint density at radius 3 is 2.88 bits per heavy atom. The topological polar surface area (TPSA) is 48.7 Å². The van der Waals surface area contributed by atoms with Gasteiger partial charge in [0.1, 0.15) is 16.6 Å². The number of nitrogens with one attached hydrogen (secondary N) is 1. The number of nitrogens with zero attached hydrogens (tertiary/aromatic N) is 2. The van der Waals surface area contributed by atoms with Crippen molar-refractivity contribution in [1.82, 2.24) is 4.98 Å². The Morgan fingerprint density at radius 2 is 2.16 bits per heavy atom. The van der Waals surface area contributed by atoms with Crippen LogP contribution in [0.25, 0.3) is 16.8 Å². The minimum atomic E-state index is 0.475. The molecule has 2 aromatic carbocycles. The summed E-state index contributed by atoms with van der Waals surface area (Å²) in [6, 6.07) is 15.8. The maximum Gasteiger partial charge on any atom is 0.136 e. The average molecular weight is 431 g/mol. The van der Waals surface area contributed by atoms with E-state index in [0.717, 1.165) is 27.0 Å². The summed E-state index contributed by atoms with van der Waals surface area (Å²) in [7, 11) is 0. The third kappa shape index (κ3) is 4.29. The third-order valence-corrected chi connectivity index (χ3v) is 5.31. The summed E-state index contributed by atoms with van der Waals surface area (Å²) >= 11 is 11.0. The Bertz CT molecular complexity index is 988. The Hall–Kier alpha value is -2.13. The number of thiazole rings is 1. The van der Waals surface area contributed by atoms with Crippen molar-refractivity contribution in [2.45, 2.75) is 6.92 Å². The van der Waals surface area contributed by atoms with Gasteiger partial charge in [-0.05, 0) is 36.8 Å². The van der Waals surface area contributed by atoms with Gasteiger partial charge in [0.2, 0.25) is 0 Å². The van der Waals surface area contributed by atoms with Gasteiger partial charge in [-0.15, -0.1) is 11.3 Å². The van der Waals surface area contributed by atoms with Crippen LogP contribution in [0.5, 0.6) is 0 Å². The van der Waals surface area contributed by atoms with E-state index in [1.165, 1.54) is 11.3 Å². The fourth-order valence-corrected chi connectivity index (χ4v) is 3.53. The van der Waals surface area contributed by atoms with Crippen molar-refractivity contribution in [2.24, 2.45) is 0 Å². The molecule has 3 rings (SSSR count). The molecule has 1 N–H and O–H groups in total. The fraction of sp³-hybridized carbons (Fsp3) is 0.0526. The first-order valence-electron chi connectivity index (χ1n) is 7.41. The van der Waals surface area contributed by atoms with Gasteiger partial charge < -0.3 is 5.32 Å². The van der Waals surface area contributed by atoms with E-state index in [0.29, 0.717) is 15.6 Å². The van der Waals surface area contributed by atoms with E-state index in [4.69, 9.17) is 11.6 Å². The molecule has 0 unspecified atom stereocenters. The molecule has 0 radical (unpaired) electrons. The third-order valence-electron chi connectivity index (χ3n) is 3.53. The molecule has 0 atom stereocenters. The molecule has 1 heterocycles. The van der Waals surface area contributed by atoms with Gasteiger partial charge in [0.05, 0.1) is 5.69 Å². The second-order valence-corrected chi connectivity index (χ2v) is 7.51. The van der Waals surface area contributed by atoms with Crippen LogP contribution in [0.4, 0.5) is 5.69 Å². The zero-order valence-electron chi connectivity index (χ0n) is 13.3. The van der Waals surface area contributed by atoms with Gasteiger partial charge in [-0.3, -0.25) is 0 Å². The smallest absolute Gasteiger partial charge is 0.136 e. The van der Waals surface area contributed by atoms with Crippen molar-refractivity contribution in [1.29, 1.82) is 5.26 Å². The number of anilines is 1. The lowest BCUT2D eigenvalue weighted by Crippen LogP contribution is -1.91. The lowest BCUT2D eigenvalue weighted by Gasteiger charge is -2.04. The summed E-state index contributed by atoms with van der Waals surface area (Å²) in [5.41, 5.74) is 4.17. The average Bonchev–Trinajstić information content (AvgIpc) is 3.08. The number of allylic oxidation sites excluding steroid dienone is 1. The van der Waals surface area contributed by atoms with E-state index in [1.54, 1.807) is 6.20 Å². The number of aromatic nitrogens is 1. The second-order valence-electron chi connectivity index (χ2n) is 5.33. The standard InChI is InChI=1S/C19H13BrClN3S/c1-12-5-6-16(8-17(12)21)23-10-14(9-22)19-24-18(11-25-19)13-3-2-4-15(20)7-13/h2-8,10-11,23H,1H3/b14-10+. The molecule has 0 fully saturated rings. The van der Waals surface area contributed by atoms with Crippen LogP contribution in [0.15, 0.2) is 58.5 Å². The molecular formula is C19H13BrClN3S. The van der Waals surface area contributed by atoms with E-state index < -0.39 is 0 Å². The highest BCUT2D eigenvalue weighted by Gasteiger charge is 2.09. The summed E-state index contributed by atoms with van der Waals surface area (Å²) in [5.74, 6) is 0. The van der Waals surface area contributed by atoms with Crippen LogP contribution in [0.1, 0.15) is 10.6 Å². The minimum absolute atomic E-state index is 0.475. The Morgan fingerprint density at radius 1 is 1.32 bits per heavy atom. The number of hydrogen-bond acceptors (Lipinski definition) is 4. The summed E-state index contributed by atoms with van der Waals surface area (Å²) in [4.78, 5) is 4.58.